The molecule has 0 radical (unpaired) electrons. The van der Waals surface area contributed by atoms with E-state index in [0.717, 1.165) is 42.9 Å². The highest BCUT2D eigenvalue weighted by Crippen LogP contribution is 2.26. The summed E-state index contributed by atoms with van der Waals surface area (Å²) in [6.07, 6.45) is 2.45. The van der Waals surface area contributed by atoms with E-state index in [9.17, 15) is 4.79 Å². The summed E-state index contributed by atoms with van der Waals surface area (Å²) in [6, 6.07) is 11.4. The Morgan fingerprint density at radius 1 is 1.44 bits per heavy atom. The van der Waals surface area contributed by atoms with Gasteiger partial charge in [-0.05, 0) is 43.5 Å². The van der Waals surface area contributed by atoms with Crippen LogP contribution in [0.3, 0.4) is 0 Å². The average Bonchev–Trinajstić information content (AvgIpc) is 3.08. The minimum Gasteiger partial charge on any atom is -0.479 e. The highest BCUT2D eigenvalue weighted by atomic mass is 16.5. The van der Waals surface area contributed by atoms with Crippen LogP contribution in [0.1, 0.15) is 35.7 Å². The molecule has 1 aliphatic heterocycles. The quantitative estimate of drug-likeness (QED) is 0.908. The highest BCUT2D eigenvalue weighted by Gasteiger charge is 2.26. The summed E-state index contributed by atoms with van der Waals surface area (Å²) in [5.74, 6) is 1.09. The molecule has 1 fully saturated rings. The van der Waals surface area contributed by atoms with Crippen molar-refractivity contribution in [1.82, 2.24) is 15.1 Å². The number of carbonyl (C=O) groups excluding carboxylic acids is 1. The number of aryl methyl sites for hydroxylation is 1. The SMILES string of the molecule is Cc1cc(C2CCCN(C(=O)Cc3ccc(OCC#N)cc3)C2)n[nH]1. The number of nitrogens with one attached hydrogen (secondary N) is 1. The lowest BCUT2D eigenvalue weighted by Gasteiger charge is -2.32. The van der Waals surface area contributed by atoms with Gasteiger partial charge in [0.15, 0.2) is 6.61 Å². The van der Waals surface area contributed by atoms with E-state index in [1.165, 1.54) is 0 Å². The summed E-state index contributed by atoms with van der Waals surface area (Å²) >= 11 is 0. The predicted octanol–water partition coefficient (Wildman–Crippen LogP) is 2.57. The summed E-state index contributed by atoms with van der Waals surface area (Å²) in [6.45, 7) is 3.56. The Hall–Kier alpha value is -2.81. The second kappa shape index (κ2) is 7.84. The highest BCUT2D eigenvalue weighted by molar-refractivity contribution is 5.79. The molecule has 0 saturated carbocycles. The Kier molecular flexibility index (Phi) is 5.34. The summed E-state index contributed by atoms with van der Waals surface area (Å²) in [5.41, 5.74) is 3.05. The van der Waals surface area contributed by atoms with Gasteiger partial charge in [-0.3, -0.25) is 9.89 Å². The van der Waals surface area contributed by atoms with E-state index in [2.05, 4.69) is 16.3 Å². The van der Waals surface area contributed by atoms with Crippen LogP contribution in [-0.2, 0) is 11.2 Å². The van der Waals surface area contributed by atoms with E-state index in [1.54, 1.807) is 12.1 Å². The third kappa shape index (κ3) is 4.38. The van der Waals surface area contributed by atoms with Gasteiger partial charge in [0.1, 0.15) is 11.8 Å². The zero-order chi connectivity index (χ0) is 17.6. The lowest BCUT2D eigenvalue weighted by atomic mass is 9.94. The molecule has 0 bridgehead atoms. The molecule has 1 aliphatic rings. The van der Waals surface area contributed by atoms with Crippen molar-refractivity contribution in [3.63, 3.8) is 0 Å². The van der Waals surface area contributed by atoms with E-state index in [-0.39, 0.29) is 12.5 Å². The molecule has 1 saturated heterocycles. The van der Waals surface area contributed by atoms with Crippen LogP contribution in [-0.4, -0.2) is 40.7 Å². The number of carbonyl (C=O) groups is 1. The van der Waals surface area contributed by atoms with Crippen molar-refractivity contribution in [1.29, 1.82) is 5.26 Å². The maximum Gasteiger partial charge on any atom is 0.227 e. The zero-order valence-corrected chi connectivity index (χ0v) is 14.4. The average molecular weight is 338 g/mol. The minimum absolute atomic E-state index is 0.0279. The van der Waals surface area contributed by atoms with E-state index in [0.29, 0.717) is 18.1 Å². The topological polar surface area (TPSA) is 82.0 Å². The maximum atomic E-state index is 12.6. The van der Waals surface area contributed by atoms with Gasteiger partial charge in [0.2, 0.25) is 5.91 Å². The molecule has 6 heteroatoms. The molecule has 1 amide bonds. The number of hydrogen-bond donors (Lipinski definition) is 1. The molecule has 2 heterocycles. The van der Waals surface area contributed by atoms with E-state index in [4.69, 9.17) is 10.00 Å². The van der Waals surface area contributed by atoms with E-state index < -0.39 is 0 Å². The van der Waals surface area contributed by atoms with Gasteiger partial charge in [-0.2, -0.15) is 10.4 Å². The number of aromatic amines is 1. The first-order valence-corrected chi connectivity index (χ1v) is 8.54. The Balaban J connectivity index is 1.58. The van der Waals surface area contributed by atoms with Crippen molar-refractivity contribution in [2.75, 3.05) is 19.7 Å². The molecular formula is C19H22N4O2. The molecule has 1 unspecified atom stereocenters. The summed E-state index contributed by atoms with van der Waals surface area (Å²) in [5, 5.41) is 15.9. The fourth-order valence-electron chi connectivity index (χ4n) is 3.20. The van der Waals surface area contributed by atoms with Gasteiger partial charge >= 0.3 is 0 Å². The standard InChI is InChI=1S/C19H22N4O2/c1-14-11-18(22-21-14)16-3-2-9-23(13-16)19(24)12-15-4-6-17(7-5-15)25-10-8-20/h4-7,11,16H,2-3,9-10,12-13H2,1H3,(H,21,22). The monoisotopic (exact) mass is 338 g/mol. The number of aromatic nitrogens is 2. The predicted molar refractivity (Wildman–Crippen MR) is 93.1 cm³/mol. The molecule has 6 nitrogen and oxygen atoms in total. The van der Waals surface area contributed by atoms with Gasteiger partial charge in [-0.25, -0.2) is 0 Å². The molecule has 1 aromatic heterocycles. The maximum absolute atomic E-state index is 12.6. The smallest absolute Gasteiger partial charge is 0.227 e. The van der Waals surface area contributed by atoms with Gasteiger partial charge in [-0.1, -0.05) is 12.1 Å². The number of ether oxygens (including phenoxy) is 1. The Morgan fingerprint density at radius 3 is 2.92 bits per heavy atom. The number of likely N-dealkylation sites (tertiary alicyclic amines) is 1. The summed E-state index contributed by atoms with van der Waals surface area (Å²) in [7, 11) is 0. The number of nitriles is 1. The fraction of sp³-hybridized carbons (Fsp3) is 0.421. The Bertz CT molecular complexity index is 760. The number of H-pyrrole nitrogens is 1. The van der Waals surface area contributed by atoms with Crippen LogP contribution in [0.4, 0.5) is 0 Å². The third-order valence-corrected chi connectivity index (χ3v) is 4.50. The summed E-state index contributed by atoms with van der Waals surface area (Å²) in [4.78, 5) is 14.6. The van der Waals surface area contributed by atoms with Crippen LogP contribution < -0.4 is 4.74 Å². The minimum atomic E-state index is 0.0279. The van der Waals surface area contributed by atoms with Crippen molar-refractivity contribution in [3.8, 4) is 11.8 Å². The molecule has 2 aromatic rings. The second-order valence-corrected chi connectivity index (χ2v) is 6.42. The van der Waals surface area contributed by atoms with Gasteiger partial charge in [0.25, 0.3) is 0 Å². The normalized spacial score (nSPS) is 17.1. The number of nitrogens with zero attached hydrogens (tertiary/aromatic N) is 3. The second-order valence-electron chi connectivity index (χ2n) is 6.42. The van der Waals surface area contributed by atoms with Crippen molar-refractivity contribution >= 4 is 5.91 Å². The van der Waals surface area contributed by atoms with Crippen LogP contribution in [0.5, 0.6) is 5.75 Å². The number of rotatable bonds is 5. The first-order valence-electron chi connectivity index (χ1n) is 8.54. The summed E-state index contributed by atoms with van der Waals surface area (Å²) < 4.78 is 5.23. The molecular weight excluding hydrogens is 316 g/mol. The van der Waals surface area contributed by atoms with Crippen LogP contribution in [0.15, 0.2) is 30.3 Å². The molecule has 1 N–H and O–H groups in total. The van der Waals surface area contributed by atoms with Crippen molar-refractivity contribution in [3.05, 3.63) is 47.3 Å². The number of hydrogen-bond acceptors (Lipinski definition) is 4. The van der Waals surface area contributed by atoms with Crippen LogP contribution in [0, 0.1) is 18.3 Å². The molecule has 1 aromatic carbocycles. The number of piperidine rings is 1. The first kappa shape index (κ1) is 17.0. The van der Waals surface area contributed by atoms with Crippen LogP contribution in [0.25, 0.3) is 0 Å². The molecule has 25 heavy (non-hydrogen) atoms. The molecule has 130 valence electrons. The number of amides is 1. The molecule has 0 spiro atoms. The van der Waals surface area contributed by atoms with Crippen molar-refractivity contribution < 1.29 is 9.53 Å². The van der Waals surface area contributed by atoms with E-state index in [1.807, 2.05) is 30.0 Å². The van der Waals surface area contributed by atoms with Gasteiger partial charge < -0.3 is 9.64 Å². The van der Waals surface area contributed by atoms with Crippen molar-refractivity contribution in [2.45, 2.75) is 32.1 Å². The van der Waals surface area contributed by atoms with Crippen LogP contribution in [0.2, 0.25) is 0 Å². The fourth-order valence-corrected chi connectivity index (χ4v) is 3.20. The van der Waals surface area contributed by atoms with Crippen LogP contribution >= 0.6 is 0 Å². The molecule has 1 atom stereocenters. The van der Waals surface area contributed by atoms with E-state index >= 15 is 0 Å². The van der Waals surface area contributed by atoms with Gasteiger partial charge in [0.05, 0.1) is 12.1 Å². The molecule has 0 aliphatic carbocycles. The Morgan fingerprint density at radius 2 is 2.24 bits per heavy atom. The lowest BCUT2D eigenvalue weighted by molar-refractivity contribution is -0.131. The van der Waals surface area contributed by atoms with Gasteiger partial charge in [-0.15, -0.1) is 0 Å². The Labute approximate surface area is 147 Å². The lowest BCUT2D eigenvalue weighted by Crippen LogP contribution is -2.40. The zero-order valence-electron chi connectivity index (χ0n) is 14.4. The molecule has 3 rings (SSSR count). The number of benzene rings is 1. The first-order chi connectivity index (χ1) is 12.2. The van der Waals surface area contributed by atoms with Crippen molar-refractivity contribution in [2.24, 2.45) is 0 Å². The van der Waals surface area contributed by atoms with Gasteiger partial charge in [0, 0.05) is 24.7 Å². The largest absolute Gasteiger partial charge is 0.479 e. The third-order valence-electron chi connectivity index (χ3n) is 4.50.